The molecule has 0 spiro atoms. The maximum Gasteiger partial charge on any atom is 0.307 e. The van der Waals surface area contributed by atoms with Gasteiger partial charge in [0.15, 0.2) is 0 Å². The van der Waals surface area contributed by atoms with Crippen LogP contribution in [0.15, 0.2) is 0 Å². The number of methoxy groups -OCH3 is 1. The third-order valence-corrected chi connectivity index (χ3v) is 3.03. The zero-order valence-electron chi connectivity index (χ0n) is 11.2. The number of carbonyl (C=O) groups excluding carboxylic acids is 1. The summed E-state index contributed by atoms with van der Waals surface area (Å²) in [4.78, 5) is 22.6. The average molecular weight is 245 g/mol. The van der Waals surface area contributed by atoms with E-state index in [-0.39, 0.29) is 17.9 Å². The average Bonchev–Trinajstić information content (AvgIpc) is 2.25. The molecule has 0 aliphatic heterocycles. The third-order valence-electron chi connectivity index (χ3n) is 3.03. The van der Waals surface area contributed by atoms with E-state index in [1.807, 2.05) is 13.8 Å². The Kier molecular flexibility index (Phi) is 6.80. The third kappa shape index (κ3) is 5.17. The summed E-state index contributed by atoms with van der Waals surface area (Å²) >= 11 is 0. The molecule has 0 bridgehead atoms. The molecule has 100 valence electrons. The lowest BCUT2D eigenvalue weighted by Gasteiger charge is -2.24. The van der Waals surface area contributed by atoms with Crippen LogP contribution in [0, 0.1) is 17.8 Å². The number of carbonyl (C=O) groups is 2. The maximum absolute atomic E-state index is 11.8. The first-order valence-corrected chi connectivity index (χ1v) is 5.83. The minimum absolute atomic E-state index is 0.0871. The number of aliphatic carboxylic acids is 1. The molecule has 5 heteroatoms. The highest BCUT2D eigenvalue weighted by Gasteiger charge is 2.27. The quantitative estimate of drug-likeness (QED) is 0.705. The molecule has 17 heavy (non-hydrogen) atoms. The predicted octanol–water partition coefficient (Wildman–Crippen LogP) is 1.13. The highest BCUT2D eigenvalue weighted by atomic mass is 16.5. The van der Waals surface area contributed by atoms with Gasteiger partial charge < -0.3 is 15.2 Å². The van der Waals surface area contributed by atoms with E-state index in [0.717, 1.165) is 0 Å². The number of carboxylic acids is 1. The van der Waals surface area contributed by atoms with Crippen LogP contribution in [0.1, 0.15) is 27.7 Å². The van der Waals surface area contributed by atoms with Crippen molar-refractivity contribution in [2.24, 2.45) is 17.8 Å². The molecule has 0 saturated heterocycles. The van der Waals surface area contributed by atoms with E-state index in [1.165, 1.54) is 6.92 Å². The van der Waals surface area contributed by atoms with Gasteiger partial charge in [-0.05, 0) is 5.92 Å². The molecule has 0 rings (SSSR count). The molecular formula is C12H23NO4. The fourth-order valence-electron chi connectivity index (χ4n) is 1.34. The zero-order chi connectivity index (χ0) is 13.6. The van der Waals surface area contributed by atoms with E-state index in [0.29, 0.717) is 6.61 Å². The molecule has 0 aliphatic rings. The van der Waals surface area contributed by atoms with Crippen LogP contribution in [0.25, 0.3) is 0 Å². The summed E-state index contributed by atoms with van der Waals surface area (Å²) in [5.41, 5.74) is 0. The summed E-state index contributed by atoms with van der Waals surface area (Å²) in [6, 6.07) is -0.0871. The molecule has 5 nitrogen and oxygen atoms in total. The van der Waals surface area contributed by atoms with Crippen LogP contribution in [0.5, 0.6) is 0 Å². The Balaban J connectivity index is 4.45. The van der Waals surface area contributed by atoms with Crippen LogP contribution in [-0.2, 0) is 14.3 Å². The van der Waals surface area contributed by atoms with Crippen molar-refractivity contribution in [2.45, 2.75) is 33.7 Å². The number of hydrogen-bond acceptors (Lipinski definition) is 3. The van der Waals surface area contributed by atoms with Gasteiger partial charge in [0, 0.05) is 13.0 Å². The van der Waals surface area contributed by atoms with Crippen molar-refractivity contribution in [3.63, 3.8) is 0 Å². The van der Waals surface area contributed by atoms with E-state index in [9.17, 15) is 9.59 Å². The van der Waals surface area contributed by atoms with Gasteiger partial charge in [-0.25, -0.2) is 0 Å². The van der Waals surface area contributed by atoms with Crippen molar-refractivity contribution >= 4 is 11.9 Å². The fraction of sp³-hybridized carbons (Fsp3) is 0.833. The van der Waals surface area contributed by atoms with Crippen LogP contribution in [0.3, 0.4) is 0 Å². The lowest BCUT2D eigenvalue weighted by atomic mass is 9.94. The second kappa shape index (κ2) is 7.27. The van der Waals surface area contributed by atoms with Gasteiger partial charge in [-0.15, -0.1) is 0 Å². The number of rotatable bonds is 7. The standard InChI is InChI=1S/C12H23NO4/c1-7(2)10(6-17-5)13-11(14)8(3)9(4)12(15)16/h7-10H,6H2,1-5H3,(H,13,14)(H,15,16). The van der Waals surface area contributed by atoms with Crippen LogP contribution in [0.4, 0.5) is 0 Å². The first-order valence-electron chi connectivity index (χ1n) is 5.83. The zero-order valence-corrected chi connectivity index (χ0v) is 11.2. The lowest BCUT2D eigenvalue weighted by molar-refractivity contribution is -0.146. The van der Waals surface area contributed by atoms with Gasteiger partial charge in [0.05, 0.1) is 18.6 Å². The van der Waals surface area contributed by atoms with Crippen LogP contribution >= 0.6 is 0 Å². The molecule has 0 saturated carbocycles. The Morgan fingerprint density at radius 3 is 2.06 bits per heavy atom. The molecule has 3 unspecified atom stereocenters. The second-order valence-electron chi connectivity index (χ2n) is 4.73. The van der Waals surface area contributed by atoms with Crippen molar-refractivity contribution in [3.8, 4) is 0 Å². The van der Waals surface area contributed by atoms with E-state index >= 15 is 0 Å². The predicted molar refractivity (Wildman–Crippen MR) is 64.6 cm³/mol. The van der Waals surface area contributed by atoms with Gasteiger partial charge in [-0.2, -0.15) is 0 Å². The monoisotopic (exact) mass is 245 g/mol. The summed E-state index contributed by atoms with van der Waals surface area (Å²) in [5.74, 6) is -2.20. The normalized spacial score (nSPS) is 16.4. The lowest BCUT2D eigenvalue weighted by Crippen LogP contribution is -2.45. The van der Waals surface area contributed by atoms with Crippen molar-refractivity contribution in [1.29, 1.82) is 0 Å². The Labute approximate surface area is 103 Å². The summed E-state index contributed by atoms with van der Waals surface area (Å²) in [7, 11) is 1.57. The van der Waals surface area contributed by atoms with Crippen molar-refractivity contribution < 1.29 is 19.4 Å². The summed E-state index contributed by atoms with van der Waals surface area (Å²) in [6.45, 7) is 7.55. The van der Waals surface area contributed by atoms with Gasteiger partial charge in [0.2, 0.25) is 5.91 Å². The molecule has 0 aromatic carbocycles. The molecule has 0 radical (unpaired) electrons. The van der Waals surface area contributed by atoms with Crippen molar-refractivity contribution in [3.05, 3.63) is 0 Å². The van der Waals surface area contributed by atoms with Crippen LogP contribution in [-0.4, -0.2) is 36.7 Å². The van der Waals surface area contributed by atoms with E-state index < -0.39 is 17.8 Å². The highest BCUT2D eigenvalue weighted by Crippen LogP contribution is 2.12. The molecule has 0 aromatic heterocycles. The molecule has 1 amide bonds. The Hall–Kier alpha value is -1.10. The number of ether oxygens (including phenoxy) is 1. The van der Waals surface area contributed by atoms with E-state index in [2.05, 4.69) is 5.32 Å². The SMILES string of the molecule is COCC(NC(=O)C(C)C(C)C(=O)O)C(C)C. The smallest absolute Gasteiger partial charge is 0.307 e. The molecular weight excluding hydrogens is 222 g/mol. The first kappa shape index (κ1) is 15.9. The molecule has 2 N–H and O–H groups in total. The number of amides is 1. The van der Waals surface area contributed by atoms with E-state index in [1.54, 1.807) is 14.0 Å². The van der Waals surface area contributed by atoms with Crippen molar-refractivity contribution in [1.82, 2.24) is 5.32 Å². The van der Waals surface area contributed by atoms with Gasteiger partial charge >= 0.3 is 5.97 Å². The number of carboxylic acid groups (broad SMARTS) is 1. The van der Waals surface area contributed by atoms with E-state index in [4.69, 9.17) is 9.84 Å². The summed E-state index contributed by atoms with van der Waals surface area (Å²) < 4.78 is 5.02. The Bertz CT molecular complexity index is 265. The highest BCUT2D eigenvalue weighted by molar-refractivity contribution is 5.84. The molecule has 0 aromatic rings. The van der Waals surface area contributed by atoms with Crippen LogP contribution in [0.2, 0.25) is 0 Å². The fourth-order valence-corrected chi connectivity index (χ4v) is 1.34. The second-order valence-corrected chi connectivity index (χ2v) is 4.73. The summed E-state index contributed by atoms with van der Waals surface area (Å²) in [6.07, 6.45) is 0. The number of hydrogen-bond donors (Lipinski definition) is 2. The minimum atomic E-state index is -0.958. The van der Waals surface area contributed by atoms with Gasteiger partial charge in [0.1, 0.15) is 0 Å². The molecule has 0 aliphatic carbocycles. The molecule has 0 fully saturated rings. The Morgan fingerprint density at radius 1 is 1.18 bits per heavy atom. The van der Waals surface area contributed by atoms with Crippen molar-refractivity contribution in [2.75, 3.05) is 13.7 Å². The van der Waals surface area contributed by atoms with Gasteiger partial charge in [0.25, 0.3) is 0 Å². The summed E-state index contributed by atoms with van der Waals surface area (Å²) in [5, 5.41) is 11.7. The molecule has 3 atom stereocenters. The Morgan fingerprint density at radius 2 is 1.71 bits per heavy atom. The maximum atomic E-state index is 11.8. The largest absolute Gasteiger partial charge is 0.481 e. The minimum Gasteiger partial charge on any atom is -0.481 e. The molecule has 0 heterocycles. The van der Waals surface area contributed by atoms with Crippen LogP contribution < -0.4 is 5.32 Å². The van der Waals surface area contributed by atoms with Gasteiger partial charge in [-0.3, -0.25) is 9.59 Å². The topological polar surface area (TPSA) is 75.6 Å². The number of nitrogens with one attached hydrogen (secondary N) is 1. The first-order chi connectivity index (χ1) is 7.81. The van der Waals surface area contributed by atoms with Gasteiger partial charge in [-0.1, -0.05) is 27.7 Å².